The minimum Gasteiger partial charge on any atom is -0.293 e. The lowest BCUT2D eigenvalue weighted by molar-refractivity contribution is -0.120. The number of benzene rings is 1. The molecule has 0 aliphatic carbocycles. The Morgan fingerprint density at radius 3 is 2.83 bits per heavy atom. The van der Waals surface area contributed by atoms with E-state index in [-0.39, 0.29) is 11.2 Å². The number of carbonyl (C=O) groups excluding carboxylic acids is 1. The summed E-state index contributed by atoms with van der Waals surface area (Å²) in [6.07, 6.45) is 0. The van der Waals surface area contributed by atoms with Crippen molar-refractivity contribution in [2.45, 2.75) is 17.3 Å². The van der Waals surface area contributed by atoms with Crippen LogP contribution in [-0.2, 0) is 4.79 Å². The summed E-state index contributed by atoms with van der Waals surface area (Å²) in [7, 11) is 0. The fraction of sp³-hybridized carbons (Fsp3) is 0.200. The number of para-hydroxylation sites is 1. The highest BCUT2D eigenvalue weighted by Gasteiger charge is 2.18. The molecule has 0 saturated carbocycles. The third kappa shape index (κ3) is 2.66. The number of carbonyl (C=O) groups is 1. The first-order valence-corrected chi connectivity index (χ1v) is 6.11. The Labute approximate surface area is 108 Å². The Morgan fingerprint density at radius 1 is 1.44 bits per heavy atom. The van der Waals surface area contributed by atoms with Gasteiger partial charge in [0.25, 0.3) is 0 Å². The van der Waals surface area contributed by atoms with E-state index in [2.05, 4.69) is 21.0 Å². The van der Waals surface area contributed by atoms with Crippen LogP contribution in [0.15, 0.2) is 35.5 Å². The lowest BCUT2D eigenvalue weighted by atomic mass is 10.3. The molecule has 0 saturated heterocycles. The number of hydrazine groups is 1. The predicted octanol–water partition coefficient (Wildman–Crippen LogP) is 0.133. The molecule has 8 heteroatoms. The summed E-state index contributed by atoms with van der Waals surface area (Å²) in [4.78, 5) is 11.4. The second-order valence-corrected chi connectivity index (χ2v) is 4.79. The predicted molar refractivity (Wildman–Crippen MR) is 66.8 cm³/mol. The molecule has 0 aliphatic heterocycles. The van der Waals surface area contributed by atoms with E-state index in [1.54, 1.807) is 11.6 Å². The van der Waals surface area contributed by atoms with Crippen LogP contribution in [0.1, 0.15) is 6.92 Å². The molecule has 0 unspecified atom stereocenters. The van der Waals surface area contributed by atoms with Crippen LogP contribution in [0, 0.1) is 0 Å². The van der Waals surface area contributed by atoms with Crippen molar-refractivity contribution in [3.05, 3.63) is 30.3 Å². The summed E-state index contributed by atoms with van der Waals surface area (Å²) in [5.74, 6) is 4.80. The molecule has 18 heavy (non-hydrogen) atoms. The Balaban J connectivity index is 2.21. The first kappa shape index (κ1) is 12.5. The van der Waals surface area contributed by atoms with Gasteiger partial charge >= 0.3 is 0 Å². The number of tetrazole rings is 1. The fourth-order valence-corrected chi connectivity index (χ4v) is 2.13. The summed E-state index contributed by atoms with van der Waals surface area (Å²) in [6.45, 7) is 1.73. The average Bonchev–Trinajstić information content (AvgIpc) is 2.86. The molecular formula is C10H12N6OS. The van der Waals surface area contributed by atoms with Crippen molar-refractivity contribution in [2.24, 2.45) is 5.84 Å². The van der Waals surface area contributed by atoms with E-state index in [0.29, 0.717) is 5.16 Å². The molecule has 94 valence electrons. The molecular weight excluding hydrogens is 252 g/mol. The van der Waals surface area contributed by atoms with E-state index in [9.17, 15) is 4.79 Å². The van der Waals surface area contributed by atoms with Crippen LogP contribution >= 0.6 is 11.8 Å². The molecule has 1 heterocycles. The highest BCUT2D eigenvalue weighted by molar-refractivity contribution is 8.00. The largest absolute Gasteiger partial charge is 0.293 e. The summed E-state index contributed by atoms with van der Waals surface area (Å²) < 4.78 is 1.57. The standard InChI is InChI=1S/C10H12N6OS/c1-7(9(17)12-11)18-10-13-14-15-16(10)8-5-3-2-4-6-8/h2-7H,11H2,1H3,(H,12,17)/t7-/m0/s1. The normalized spacial score (nSPS) is 12.1. The Hall–Kier alpha value is -1.93. The second kappa shape index (κ2) is 5.61. The maximum absolute atomic E-state index is 11.4. The summed E-state index contributed by atoms with van der Waals surface area (Å²) >= 11 is 1.24. The van der Waals surface area contributed by atoms with Crippen molar-refractivity contribution in [1.82, 2.24) is 25.6 Å². The van der Waals surface area contributed by atoms with Crippen LogP contribution in [0.3, 0.4) is 0 Å². The molecule has 1 aromatic carbocycles. The number of nitrogens with two attached hydrogens (primary N) is 1. The molecule has 0 spiro atoms. The highest BCUT2D eigenvalue weighted by atomic mass is 32.2. The van der Waals surface area contributed by atoms with E-state index in [1.807, 2.05) is 30.3 Å². The zero-order valence-electron chi connectivity index (χ0n) is 9.65. The van der Waals surface area contributed by atoms with Gasteiger partial charge in [-0.1, -0.05) is 30.0 Å². The summed E-state index contributed by atoms with van der Waals surface area (Å²) in [6, 6.07) is 9.45. The molecule has 0 fully saturated rings. The van der Waals surface area contributed by atoms with E-state index < -0.39 is 0 Å². The van der Waals surface area contributed by atoms with Crippen LogP contribution in [-0.4, -0.2) is 31.4 Å². The van der Waals surface area contributed by atoms with Crippen LogP contribution in [0.5, 0.6) is 0 Å². The van der Waals surface area contributed by atoms with Gasteiger partial charge in [-0.15, -0.1) is 5.10 Å². The second-order valence-electron chi connectivity index (χ2n) is 3.48. The highest BCUT2D eigenvalue weighted by Crippen LogP contribution is 2.22. The van der Waals surface area contributed by atoms with E-state index in [4.69, 9.17) is 5.84 Å². The maximum atomic E-state index is 11.4. The molecule has 0 aliphatic rings. The van der Waals surface area contributed by atoms with Gasteiger partial charge < -0.3 is 0 Å². The number of aromatic nitrogens is 4. The van der Waals surface area contributed by atoms with Gasteiger partial charge in [-0.25, -0.2) is 5.84 Å². The third-order valence-electron chi connectivity index (χ3n) is 2.24. The third-order valence-corrected chi connectivity index (χ3v) is 3.27. The monoisotopic (exact) mass is 264 g/mol. The number of hydrogen-bond acceptors (Lipinski definition) is 6. The molecule has 0 radical (unpaired) electrons. The van der Waals surface area contributed by atoms with Gasteiger partial charge in [-0.3, -0.25) is 10.2 Å². The van der Waals surface area contributed by atoms with Crippen LogP contribution in [0.2, 0.25) is 0 Å². The van der Waals surface area contributed by atoms with Crippen LogP contribution in [0.4, 0.5) is 0 Å². The van der Waals surface area contributed by atoms with Crippen molar-refractivity contribution in [2.75, 3.05) is 0 Å². The molecule has 1 amide bonds. The lowest BCUT2D eigenvalue weighted by Gasteiger charge is -2.08. The molecule has 2 aromatic rings. The Morgan fingerprint density at radius 2 is 2.17 bits per heavy atom. The van der Waals surface area contributed by atoms with Gasteiger partial charge in [0.2, 0.25) is 11.1 Å². The number of nitrogens with one attached hydrogen (secondary N) is 1. The number of hydrogen-bond donors (Lipinski definition) is 2. The van der Waals surface area contributed by atoms with Crippen molar-refractivity contribution in [1.29, 1.82) is 0 Å². The molecule has 7 nitrogen and oxygen atoms in total. The van der Waals surface area contributed by atoms with Gasteiger partial charge in [0.1, 0.15) is 0 Å². The average molecular weight is 264 g/mol. The van der Waals surface area contributed by atoms with Crippen LogP contribution in [0.25, 0.3) is 5.69 Å². The molecule has 1 atom stereocenters. The van der Waals surface area contributed by atoms with Gasteiger partial charge in [-0.2, -0.15) is 4.68 Å². The van der Waals surface area contributed by atoms with Crippen molar-refractivity contribution in [3.63, 3.8) is 0 Å². The fourth-order valence-electron chi connectivity index (χ4n) is 1.31. The number of rotatable bonds is 4. The molecule has 2 rings (SSSR count). The molecule has 0 bridgehead atoms. The summed E-state index contributed by atoms with van der Waals surface area (Å²) in [5, 5.41) is 11.6. The quantitative estimate of drug-likeness (QED) is 0.352. The van der Waals surface area contributed by atoms with Gasteiger partial charge in [-0.05, 0) is 29.5 Å². The van der Waals surface area contributed by atoms with E-state index in [0.717, 1.165) is 5.69 Å². The van der Waals surface area contributed by atoms with Gasteiger partial charge in [0.15, 0.2) is 0 Å². The molecule has 3 N–H and O–H groups in total. The zero-order valence-corrected chi connectivity index (χ0v) is 10.5. The van der Waals surface area contributed by atoms with E-state index in [1.165, 1.54) is 11.8 Å². The lowest BCUT2D eigenvalue weighted by Crippen LogP contribution is -2.36. The van der Waals surface area contributed by atoms with Crippen molar-refractivity contribution < 1.29 is 4.79 Å². The number of amides is 1. The Kier molecular flexibility index (Phi) is 3.90. The minimum atomic E-state index is -0.372. The van der Waals surface area contributed by atoms with Crippen molar-refractivity contribution >= 4 is 17.7 Å². The summed E-state index contributed by atoms with van der Waals surface area (Å²) in [5.41, 5.74) is 2.94. The SMILES string of the molecule is C[C@H](Sc1nnnn1-c1ccccc1)C(=O)NN. The molecule has 1 aromatic heterocycles. The maximum Gasteiger partial charge on any atom is 0.247 e. The number of nitrogens with zero attached hydrogens (tertiary/aromatic N) is 4. The van der Waals surface area contributed by atoms with E-state index >= 15 is 0 Å². The van der Waals surface area contributed by atoms with Gasteiger partial charge in [0.05, 0.1) is 10.9 Å². The van der Waals surface area contributed by atoms with Crippen LogP contribution < -0.4 is 11.3 Å². The minimum absolute atomic E-state index is 0.275. The first-order chi connectivity index (χ1) is 8.72. The van der Waals surface area contributed by atoms with Gasteiger partial charge in [0, 0.05) is 0 Å². The number of thioether (sulfide) groups is 1. The Bertz CT molecular complexity index is 528. The first-order valence-electron chi connectivity index (χ1n) is 5.23. The van der Waals surface area contributed by atoms with Crippen molar-refractivity contribution in [3.8, 4) is 5.69 Å². The zero-order chi connectivity index (χ0) is 13.0. The topological polar surface area (TPSA) is 98.7 Å². The smallest absolute Gasteiger partial charge is 0.247 e.